The largest absolute Gasteiger partial charge is 0.494 e. The number of piperazine rings is 1. The summed E-state index contributed by atoms with van der Waals surface area (Å²) in [7, 11) is -3.28. The second kappa shape index (κ2) is 8.87. The predicted molar refractivity (Wildman–Crippen MR) is 108 cm³/mol. The Morgan fingerprint density at radius 3 is 2.44 bits per heavy atom. The van der Waals surface area contributed by atoms with Crippen molar-refractivity contribution in [3.63, 3.8) is 0 Å². The van der Waals surface area contributed by atoms with Gasteiger partial charge in [0.05, 0.1) is 12.4 Å². The molecule has 1 aliphatic heterocycles. The molecule has 0 N–H and O–H groups in total. The van der Waals surface area contributed by atoms with E-state index < -0.39 is 10.0 Å². The molecule has 2 aromatic rings. The average molecular weight is 389 g/mol. The van der Waals surface area contributed by atoms with Crippen molar-refractivity contribution in [1.29, 1.82) is 0 Å². The zero-order valence-electron chi connectivity index (χ0n) is 16.1. The molecular weight excluding hydrogens is 360 g/mol. The lowest BCUT2D eigenvalue weighted by Gasteiger charge is -2.34. The van der Waals surface area contributed by atoms with Gasteiger partial charge in [0.2, 0.25) is 10.0 Å². The molecule has 0 aromatic heterocycles. The van der Waals surface area contributed by atoms with Crippen molar-refractivity contribution in [1.82, 2.24) is 9.21 Å². The van der Waals surface area contributed by atoms with E-state index in [-0.39, 0.29) is 5.75 Å². The molecule has 1 aliphatic rings. The third-order valence-corrected chi connectivity index (χ3v) is 6.67. The topological polar surface area (TPSA) is 49.9 Å². The minimum Gasteiger partial charge on any atom is -0.494 e. The lowest BCUT2D eigenvalue weighted by Crippen LogP contribution is -2.48. The number of nitrogens with zero attached hydrogens (tertiary/aromatic N) is 2. The highest BCUT2D eigenvalue weighted by atomic mass is 32.2. The second-order valence-electron chi connectivity index (χ2n) is 6.96. The Morgan fingerprint density at radius 2 is 1.74 bits per heavy atom. The predicted octanol–water partition coefficient (Wildman–Crippen LogP) is 3.04. The zero-order valence-corrected chi connectivity index (χ0v) is 16.9. The summed E-state index contributed by atoms with van der Waals surface area (Å²) < 4.78 is 32.8. The summed E-state index contributed by atoms with van der Waals surface area (Å²) in [5.41, 5.74) is 3.08. The van der Waals surface area contributed by atoms with Gasteiger partial charge in [-0.2, -0.15) is 4.31 Å². The maximum atomic E-state index is 12.8. The molecule has 146 valence electrons. The van der Waals surface area contributed by atoms with Crippen molar-refractivity contribution >= 4 is 10.0 Å². The van der Waals surface area contributed by atoms with E-state index in [0.717, 1.165) is 42.1 Å². The van der Waals surface area contributed by atoms with E-state index in [0.29, 0.717) is 19.7 Å². The molecule has 0 atom stereocenters. The highest BCUT2D eigenvalue weighted by Gasteiger charge is 2.27. The average Bonchev–Trinajstić information content (AvgIpc) is 2.64. The van der Waals surface area contributed by atoms with Crippen LogP contribution in [0, 0.1) is 6.92 Å². The summed E-state index contributed by atoms with van der Waals surface area (Å²) in [6.07, 6.45) is 0. The molecule has 0 amide bonds. The van der Waals surface area contributed by atoms with Crippen molar-refractivity contribution in [2.45, 2.75) is 26.1 Å². The van der Waals surface area contributed by atoms with Gasteiger partial charge in [0, 0.05) is 38.3 Å². The molecule has 5 nitrogen and oxygen atoms in total. The minimum atomic E-state index is -3.28. The van der Waals surface area contributed by atoms with Gasteiger partial charge in [-0.1, -0.05) is 48.0 Å². The fourth-order valence-electron chi connectivity index (χ4n) is 3.44. The first-order valence-electron chi connectivity index (χ1n) is 9.44. The molecule has 0 radical (unpaired) electrons. The monoisotopic (exact) mass is 388 g/mol. The van der Waals surface area contributed by atoms with E-state index in [1.54, 1.807) is 4.31 Å². The first-order chi connectivity index (χ1) is 13.0. The summed E-state index contributed by atoms with van der Waals surface area (Å²) in [5.74, 6) is 0.983. The van der Waals surface area contributed by atoms with Crippen LogP contribution in [0.1, 0.15) is 23.6 Å². The summed E-state index contributed by atoms with van der Waals surface area (Å²) in [4.78, 5) is 2.29. The van der Waals surface area contributed by atoms with E-state index >= 15 is 0 Å². The quantitative estimate of drug-likeness (QED) is 0.732. The fraction of sp³-hybridized carbons (Fsp3) is 0.429. The summed E-state index contributed by atoms with van der Waals surface area (Å²) in [5, 5.41) is 0. The molecule has 2 aromatic carbocycles. The number of para-hydroxylation sites is 1. The third-order valence-electron chi connectivity index (χ3n) is 4.82. The van der Waals surface area contributed by atoms with Gasteiger partial charge < -0.3 is 4.74 Å². The van der Waals surface area contributed by atoms with Crippen LogP contribution >= 0.6 is 0 Å². The van der Waals surface area contributed by atoms with Gasteiger partial charge in [-0.15, -0.1) is 0 Å². The summed E-state index contributed by atoms with van der Waals surface area (Å²) in [6, 6.07) is 15.8. The van der Waals surface area contributed by atoms with Crippen LogP contribution in [0.25, 0.3) is 0 Å². The lowest BCUT2D eigenvalue weighted by atomic mass is 10.2. The normalized spacial score (nSPS) is 16.4. The molecule has 6 heteroatoms. The number of hydrogen-bond acceptors (Lipinski definition) is 4. The highest BCUT2D eigenvalue weighted by molar-refractivity contribution is 7.88. The first-order valence-corrected chi connectivity index (χ1v) is 11.1. The Kier molecular flexibility index (Phi) is 6.52. The Hall–Kier alpha value is -1.89. The van der Waals surface area contributed by atoms with Gasteiger partial charge in [0.1, 0.15) is 5.75 Å². The maximum absolute atomic E-state index is 12.8. The second-order valence-corrected chi connectivity index (χ2v) is 8.93. The zero-order chi connectivity index (χ0) is 19.3. The number of rotatable bonds is 7. The molecule has 27 heavy (non-hydrogen) atoms. The number of aryl methyl sites for hydroxylation is 1. The van der Waals surface area contributed by atoms with E-state index in [1.807, 2.05) is 56.3 Å². The van der Waals surface area contributed by atoms with Crippen LogP contribution in [0.2, 0.25) is 0 Å². The summed E-state index contributed by atoms with van der Waals surface area (Å²) in [6.45, 7) is 7.91. The van der Waals surface area contributed by atoms with Crippen molar-refractivity contribution in [2.75, 3.05) is 32.8 Å². The van der Waals surface area contributed by atoms with Crippen molar-refractivity contribution in [3.8, 4) is 5.75 Å². The molecule has 1 fully saturated rings. The standard InChI is InChI=1S/C21H28N2O3S/c1-3-26-21-10-5-4-9-20(21)16-22-11-13-23(14-12-22)27(24,25)17-19-8-6-7-18(2)15-19/h4-10,15H,3,11-14,16-17H2,1-2H3. The van der Waals surface area contributed by atoms with Crippen LogP contribution < -0.4 is 4.74 Å². The summed E-state index contributed by atoms with van der Waals surface area (Å²) >= 11 is 0. The Morgan fingerprint density at radius 1 is 1.00 bits per heavy atom. The number of hydrogen-bond donors (Lipinski definition) is 0. The van der Waals surface area contributed by atoms with Gasteiger partial charge in [-0.25, -0.2) is 8.42 Å². The van der Waals surface area contributed by atoms with Crippen molar-refractivity contribution in [3.05, 3.63) is 65.2 Å². The van der Waals surface area contributed by atoms with Gasteiger partial charge in [-0.3, -0.25) is 4.90 Å². The highest BCUT2D eigenvalue weighted by Crippen LogP contribution is 2.21. The first kappa shape index (κ1) is 19.9. The molecular formula is C21H28N2O3S. The smallest absolute Gasteiger partial charge is 0.218 e. The van der Waals surface area contributed by atoms with Crippen LogP contribution in [0.5, 0.6) is 5.75 Å². The molecule has 0 saturated carbocycles. The molecule has 0 unspecified atom stereocenters. The van der Waals surface area contributed by atoms with E-state index in [1.165, 1.54) is 0 Å². The molecule has 1 heterocycles. The van der Waals surface area contributed by atoms with Crippen LogP contribution in [0.3, 0.4) is 0 Å². The molecule has 0 spiro atoms. The Balaban J connectivity index is 1.58. The van der Waals surface area contributed by atoms with Crippen LogP contribution in [0.15, 0.2) is 48.5 Å². The Labute approximate surface area is 162 Å². The van der Waals surface area contributed by atoms with Gasteiger partial charge >= 0.3 is 0 Å². The van der Waals surface area contributed by atoms with Crippen molar-refractivity contribution < 1.29 is 13.2 Å². The number of ether oxygens (including phenoxy) is 1. The van der Waals surface area contributed by atoms with Gasteiger partial charge in [-0.05, 0) is 25.5 Å². The molecule has 0 bridgehead atoms. The van der Waals surface area contributed by atoms with Crippen LogP contribution in [0.4, 0.5) is 0 Å². The minimum absolute atomic E-state index is 0.0713. The number of benzene rings is 2. The van der Waals surface area contributed by atoms with Gasteiger partial charge in [0.15, 0.2) is 0 Å². The van der Waals surface area contributed by atoms with Gasteiger partial charge in [0.25, 0.3) is 0 Å². The van der Waals surface area contributed by atoms with E-state index in [9.17, 15) is 8.42 Å². The van der Waals surface area contributed by atoms with E-state index in [2.05, 4.69) is 11.0 Å². The van der Waals surface area contributed by atoms with E-state index in [4.69, 9.17) is 4.74 Å². The van der Waals surface area contributed by atoms with Crippen LogP contribution in [-0.2, 0) is 22.3 Å². The molecule has 1 saturated heterocycles. The third kappa shape index (κ3) is 5.31. The number of sulfonamides is 1. The Bertz CT molecular complexity index is 859. The fourth-order valence-corrected chi connectivity index (χ4v) is 4.94. The maximum Gasteiger partial charge on any atom is 0.218 e. The van der Waals surface area contributed by atoms with Crippen LogP contribution in [-0.4, -0.2) is 50.4 Å². The lowest BCUT2D eigenvalue weighted by molar-refractivity contribution is 0.179. The molecule has 3 rings (SSSR count). The molecule has 0 aliphatic carbocycles. The van der Waals surface area contributed by atoms with Crippen molar-refractivity contribution in [2.24, 2.45) is 0 Å². The SMILES string of the molecule is CCOc1ccccc1CN1CCN(S(=O)(=O)Cc2cccc(C)c2)CC1.